The highest BCUT2D eigenvalue weighted by Crippen LogP contribution is 2.41. The van der Waals surface area contributed by atoms with Gasteiger partial charge in [-0.25, -0.2) is 4.79 Å². The Morgan fingerprint density at radius 1 is 1.17 bits per heavy atom. The number of alkyl halides is 3. The van der Waals surface area contributed by atoms with Gasteiger partial charge in [0.25, 0.3) is 5.91 Å². The Hall–Kier alpha value is -3.89. The second-order valence-electron chi connectivity index (χ2n) is 8.47. The molecule has 2 N–H and O–H groups in total. The van der Waals surface area contributed by atoms with Crippen LogP contribution in [0.3, 0.4) is 0 Å². The first kappa shape index (κ1) is 25.2. The lowest BCUT2D eigenvalue weighted by Gasteiger charge is -2.33. The van der Waals surface area contributed by atoms with Crippen molar-refractivity contribution in [2.45, 2.75) is 32.0 Å². The van der Waals surface area contributed by atoms with Crippen molar-refractivity contribution in [1.29, 1.82) is 0 Å². The molecule has 1 atom stereocenters. The second kappa shape index (κ2) is 10.4. The van der Waals surface area contributed by atoms with Gasteiger partial charge in [-0.05, 0) is 30.7 Å². The van der Waals surface area contributed by atoms with E-state index in [9.17, 15) is 27.6 Å². The maximum atomic E-state index is 13.7. The number of nitrogens with zero attached hydrogens (tertiary/aromatic N) is 3. The molecule has 36 heavy (non-hydrogen) atoms. The first-order chi connectivity index (χ1) is 17.2. The number of hydrogen-bond donors (Lipinski definition) is 2. The van der Waals surface area contributed by atoms with Gasteiger partial charge in [0.15, 0.2) is 0 Å². The summed E-state index contributed by atoms with van der Waals surface area (Å²) in [6, 6.07) is 8.61. The van der Waals surface area contributed by atoms with Crippen molar-refractivity contribution in [2.24, 2.45) is 0 Å². The lowest BCUT2D eigenvalue weighted by molar-refractivity contribution is -0.138. The van der Waals surface area contributed by atoms with Gasteiger partial charge in [-0.2, -0.15) is 13.2 Å². The summed E-state index contributed by atoms with van der Waals surface area (Å²) in [5.41, 5.74) is 0.202. The summed E-state index contributed by atoms with van der Waals surface area (Å²) < 4.78 is 41.1. The molecule has 8 nitrogen and oxygen atoms in total. The van der Waals surface area contributed by atoms with E-state index in [-0.39, 0.29) is 43.1 Å². The third kappa shape index (κ3) is 5.19. The first-order valence-electron chi connectivity index (χ1n) is 11.6. The Labute approximate surface area is 206 Å². The van der Waals surface area contributed by atoms with E-state index in [0.29, 0.717) is 18.7 Å². The molecule has 4 rings (SSSR count). The van der Waals surface area contributed by atoms with E-state index in [4.69, 9.17) is 0 Å². The zero-order valence-electron chi connectivity index (χ0n) is 19.6. The summed E-state index contributed by atoms with van der Waals surface area (Å²) in [5.74, 6) is -0.754. The number of carbonyl (C=O) groups excluding carboxylic acids is 3. The third-order valence-electron chi connectivity index (χ3n) is 6.23. The van der Waals surface area contributed by atoms with Crippen molar-refractivity contribution in [3.8, 4) is 0 Å². The van der Waals surface area contributed by atoms with Crippen molar-refractivity contribution in [1.82, 2.24) is 25.4 Å². The minimum atomic E-state index is -4.65. The van der Waals surface area contributed by atoms with E-state index in [1.165, 1.54) is 28.0 Å². The Bertz CT molecular complexity index is 1180. The summed E-state index contributed by atoms with van der Waals surface area (Å²) >= 11 is 0. The average molecular weight is 502 g/mol. The molecule has 3 heterocycles. The summed E-state index contributed by atoms with van der Waals surface area (Å²) in [6.45, 7) is 2.46. The molecule has 2 aromatic rings. The number of urea groups is 1. The topological polar surface area (TPSA) is 94.6 Å². The second-order valence-corrected chi connectivity index (χ2v) is 8.47. The molecule has 0 saturated heterocycles. The minimum Gasteiger partial charge on any atom is -0.356 e. The molecule has 1 aromatic heterocycles. The Kier molecular flexibility index (Phi) is 7.27. The van der Waals surface area contributed by atoms with E-state index in [1.807, 2.05) is 12.1 Å². The fourth-order valence-corrected chi connectivity index (χ4v) is 4.50. The third-order valence-corrected chi connectivity index (χ3v) is 6.23. The SMILES string of the molecule is CCN1C(=O)N[C@H](c2ccccc2C(F)(F)F)C2=C1CN(CCC(=O)NCCc1ccccn1)C2=O. The van der Waals surface area contributed by atoms with E-state index >= 15 is 0 Å². The lowest BCUT2D eigenvalue weighted by atomic mass is 9.91. The van der Waals surface area contributed by atoms with E-state index < -0.39 is 29.7 Å². The number of amides is 4. The summed E-state index contributed by atoms with van der Waals surface area (Å²) in [7, 11) is 0. The molecule has 0 aliphatic carbocycles. The van der Waals surface area contributed by atoms with Gasteiger partial charge in [-0.15, -0.1) is 0 Å². The maximum Gasteiger partial charge on any atom is 0.416 e. The molecule has 2 aliphatic rings. The number of likely N-dealkylation sites (N-methyl/N-ethyl adjacent to an activating group) is 1. The van der Waals surface area contributed by atoms with Crippen molar-refractivity contribution in [3.05, 3.63) is 76.8 Å². The molecule has 0 bridgehead atoms. The van der Waals surface area contributed by atoms with Crippen molar-refractivity contribution >= 4 is 17.8 Å². The molecule has 190 valence electrons. The normalized spacial score (nSPS) is 17.8. The predicted molar refractivity (Wildman–Crippen MR) is 124 cm³/mol. The monoisotopic (exact) mass is 501 g/mol. The standard InChI is InChI=1S/C25H26F3N5O3/c1-2-33-19-15-32(14-11-20(34)30-13-10-16-7-5-6-12-29-16)23(35)21(19)22(31-24(33)36)17-8-3-4-9-18(17)25(26,27)28/h3-9,12,22H,2,10-11,13-15H2,1H3,(H,30,34)(H,31,36)/t22-/m1/s1. The zero-order valence-corrected chi connectivity index (χ0v) is 19.6. The molecule has 0 fully saturated rings. The van der Waals surface area contributed by atoms with Gasteiger partial charge >= 0.3 is 12.2 Å². The van der Waals surface area contributed by atoms with Crippen LogP contribution in [0, 0.1) is 0 Å². The molecule has 0 unspecified atom stereocenters. The quantitative estimate of drug-likeness (QED) is 0.582. The van der Waals surface area contributed by atoms with Gasteiger partial charge in [0.05, 0.1) is 29.4 Å². The highest BCUT2D eigenvalue weighted by atomic mass is 19.4. The number of hydrogen-bond acceptors (Lipinski definition) is 4. The van der Waals surface area contributed by atoms with Gasteiger partial charge in [-0.3, -0.25) is 19.5 Å². The highest BCUT2D eigenvalue weighted by molar-refractivity contribution is 6.01. The van der Waals surface area contributed by atoms with Crippen LogP contribution in [-0.4, -0.2) is 58.8 Å². The van der Waals surface area contributed by atoms with Crippen molar-refractivity contribution < 1.29 is 27.6 Å². The van der Waals surface area contributed by atoms with E-state index in [2.05, 4.69) is 15.6 Å². The Balaban J connectivity index is 1.47. The summed E-state index contributed by atoms with van der Waals surface area (Å²) in [4.78, 5) is 45.3. The smallest absolute Gasteiger partial charge is 0.356 e. The van der Waals surface area contributed by atoms with Crippen LogP contribution >= 0.6 is 0 Å². The van der Waals surface area contributed by atoms with Crippen LogP contribution in [0.25, 0.3) is 0 Å². The molecule has 2 aliphatic heterocycles. The van der Waals surface area contributed by atoms with E-state index in [0.717, 1.165) is 11.8 Å². The fraction of sp³-hybridized carbons (Fsp3) is 0.360. The number of benzene rings is 1. The van der Waals surface area contributed by atoms with Crippen LogP contribution in [0.2, 0.25) is 0 Å². The molecule has 0 radical (unpaired) electrons. The van der Waals surface area contributed by atoms with Crippen LogP contribution in [-0.2, 0) is 22.2 Å². The zero-order chi connectivity index (χ0) is 25.9. The summed E-state index contributed by atoms with van der Waals surface area (Å²) in [5, 5.41) is 5.36. The van der Waals surface area contributed by atoms with Crippen molar-refractivity contribution in [2.75, 3.05) is 26.2 Å². The lowest BCUT2D eigenvalue weighted by Crippen LogP contribution is -2.47. The minimum absolute atomic E-state index is 0.0197. The average Bonchev–Trinajstić information content (AvgIpc) is 3.18. The molecular formula is C25H26F3N5O3. The van der Waals surface area contributed by atoms with Crippen LogP contribution in [0.4, 0.5) is 18.0 Å². The molecule has 0 spiro atoms. The van der Waals surface area contributed by atoms with E-state index in [1.54, 1.807) is 19.2 Å². The highest BCUT2D eigenvalue weighted by Gasteiger charge is 2.46. The van der Waals surface area contributed by atoms with Gasteiger partial charge in [0, 0.05) is 44.4 Å². The molecular weight excluding hydrogens is 475 g/mol. The number of aromatic nitrogens is 1. The van der Waals surface area contributed by atoms with Crippen LogP contribution in [0.1, 0.15) is 36.2 Å². The number of pyridine rings is 1. The van der Waals surface area contributed by atoms with Crippen molar-refractivity contribution in [3.63, 3.8) is 0 Å². The van der Waals surface area contributed by atoms with Crippen LogP contribution < -0.4 is 10.6 Å². The fourth-order valence-electron chi connectivity index (χ4n) is 4.50. The van der Waals surface area contributed by atoms with Crippen LogP contribution in [0.15, 0.2) is 59.9 Å². The Morgan fingerprint density at radius 2 is 1.92 bits per heavy atom. The first-order valence-corrected chi connectivity index (χ1v) is 11.6. The number of halogens is 3. The van der Waals surface area contributed by atoms with Gasteiger partial charge in [0.2, 0.25) is 5.91 Å². The Morgan fingerprint density at radius 3 is 2.61 bits per heavy atom. The number of rotatable bonds is 8. The van der Waals surface area contributed by atoms with Gasteiger partial charge in [-0.1, -0.05) is 24.3 Å². The molecule has 11 heteroatoms. The molecule has 4 amide bonds. The predicted octanol–water partition coefficient (Wildman–Crippen LogP) is 3.03. The number of nitrogens with one attached hydrogen (secondary N) is 2. The van der Waals surface area contributed by atoms with Gasteiger partial charge in [0.1, 0.15) is 0 Å². The van der Waals surface area contributed by atoms with Crippen LogP contribution in [0.5, 0.6) is 0 Å². The largest absolute Gasteiger partial charge is 0.416 e. The van der Waals surface area contributed by atoms with Gasteiger partial charge < -0.3 is 15.5 Å². The number of carbonyl (C=O) groups is 3. The molecule has 0 saturated carbocycles. The maximum absolute atomic E-state index is 13.7. The summed E-state index contributed by atoms with van der Waals surface area (Å²) in [6.07, 6.45) is -2.40. The molecule has 1 aromatic carbocycles.